The molecular weight excluding hydrogens is 358 g/mol. The fourth-order valence-electron chi connectivity index (χ4n) is 3.74. The molecule has 0 spiro atoms. The molecule has 144 valence electrons. The van der Waals surface area contributed by atoms with Crippen LogP contribution in [0.2, 0.25) is 5.02 Å². The van der Waals surface area contributed by atoms with E-state index in [4.69, 9.17) is 11.6 Å². The summed E-state index contributed by atoms with van der Waals surface area (Å²) in [6, 6.07) is 10.3. The van der Waals surface area contributed by atoms with Crippen LogP contribution in [0.15, 0.2) is 36.5 Å². The van der Waals surface area contributed by atoms with E-state index in [1.165, 1.54) is 5.56 Å². The Balaban J connectivity index is 1.73. The highest BCUT2D eigenvalue weighted by molar-refractivity contribution is 6.30. The Morgan fingerprint density at radius 1 is 1.19 bits per heavy atom. The Hall–Kier alpha value is -2.07. The van der Waals surface area contributed by atoms with Gasteiger partial charge in [-0.05, 0) is 69.9 Å². The molecule has 0 radical (unpaired) electrons. The lowest BCUT2D eigenvalue weighted by atomic mass is 9.94. The molecule has 2 aromatic rings. The van der Waals surface area contributed by atoms with Gasteiger partial charge in [0.25, 0.3) is 0 Å². The highest BCUT2D eigenvalue weighted by atomic mass is 35.5. The van der Waals surface area contributed by atoms with Gasteiger partial charge in [-0.2, -0.15) is 0 Å². The Bertz CT molecular complexity index is 796. The second kappa shape index (κ2) is 8.30. The quantitative estimate of drug-likeness (QED) is 0.742. The molecule has 0 saturated carbocycles. The summed E-state index contributed by atoms with van der Waals surface area (Å²) >= 11 is 5.93. The predicted molar refractivity (Wildman–Crippen MR) is 113 cm³/mol. The van der Waals surface area contributed by atoms with Crippen molar-refractivity contribution < 1.29 is 4.79 Å². The van der Waals surface area contributed by atoms with Crippen molar-refractivity contribution in [3.8, 4) is 0 Å². The van der Waals surface area contributed by atoms with Crippen LogP contribution in [0.4, 0.5) is 11.5 Å². The second-order valence-corrected chi connectivity index (χ2v) is 8.12. The summed E-state index contributed by atoms with van der Waals surface area (Å²) in [7, 11) is 0. The molecule has 4 nitrogen and oxygen atoms in total. The van der Waals surface area contributed by atoms with Crippen LogP contribution in [-0.4, -0.2) is 30.0 Å². The Kier molecular flexibility index (Phi) is 6.05. The molecule has 0 N–H and O–H groups in total. The number of carbonyl (C=O) groups excluding carboxylic acids is 1. The minimum atomic E-state index is 0.0517. The highest BCUT2D eigenvalue weighted by Gasteiger charge is 2.31. The van der Waals surface area contributed by atoms with E-state index in [9.17, 15) is 4.79 Å². The molecule has 0 atom stereocenters. The number of benzene rings is 1. The zero-order chi connectivity index (χ0) is 19.6. The van der Waals surface area contributed by atoms with E-state index in [1.807, 2.05) is 17.0 Å². The molecular formula is C22H28ClN3O. The van der Waals surface area contributed by atoms with Crippen LogP contribution in [0.3, 0.4) is 0 Å². The summed E-state index contributed by atoms with van der Waals surface area (Å²) < 4.78 is 0. The van der Waals surface area contributed by atoms with Crippen LogP contribution in [0.5, 0.6) is 0 Å². The van der Waals surface area contributed by atoms with Crippen LogP contribution in [0.1, 0.15) is 37.8 Å². The molecule has 1 aliphatic rings. The first-order valence-electron chi connectivity index (χ1n) is 9.63. The van der Waals surface area contributed by atoms with E-state index in [-0.39, 0.29) is 17.9 Å². The third-order valence-electron chi connectivity index (χ3n) is 5.26. The summed E-state index contributed by atoms with van der Waals surface area (Å²) in [5.41, 5.74) is 3.36. The van der Waals surface area contributed by atoms with Crippen molar-refractivity contribution >= 4 is 29.0 Å². The average Bonchev–Trinajstić information content (AvgIpc) is 2.65. The maximum atomic E-state index is 13.4. The van der Waals surface area contributed by atoms with E-state index in [2.05, 4.69) is 55.8 Å². The molecule has 1 amide bonds. The van der Waals surface area contributed by atoms with Crippen molar-refractivity contribution in [1.82, 2.24) is 4.98 Å². The first-order chi connectivity index (χ1) is 12.9. The van der Waals surface area contributed by atoms with Crippen LogP contribution in [0.25, 0.3) is 0 Å². The molecule has 1 aromatic heterocycles. The number of nitrogens with zero attached hydrogens (tertiary/aromatic N) is 3. The minimum Gasteiger partial charge on any atom is -0.357 e. The second-order valence-electron chi connectivity index (χ2n) is 7.69. The van der Waals surface area contributed by atoms with E-state index in [1.54, 1.807) is 6.20 Å². The monoisotopic (exact) mass is 385 g/mol. The van der Waals surface area contributed by atoms with E-state index in [0.717, 1.165) is 43.0 Å². The summed E-state index contributed by atoms with van der Waals surface area (Å²) in [6.45, 7) is 10.0. The number of halogens is 1. The van der Waals surface area contributed by atoms with Gasteiger partial charge in [0, 0.05) is 36.9 Å². The van der Waals surface area contributed by atoms with E-state index in [0.29, 0.717) is 5.02 Å². The maximum Gasteiger partial charge on any atom is 0.230 e. The van der Waals surface area contributed by atoms with Gasteiger partial charge in [0.1, 0.15) is 5.82 Å². The predicted octanol–water partition coefficient (Wildman–Crippen LogP) is 5.01. The van der Waals surface area contributed by atoms with Gasteiger partial charge in [0.2, 0.25) is 5.91 Å². The normalized spacial score (nSPS) is 15.3. The number of aromatic nitrogens is 1. The first-order valence-corrected chi connectivity index (χ1v) is 10.0. The van der Waals surface area contributed by atoms with Crippen molar-refractivity contribution in [2.24, 2.45) is 5.92 Å². The van der Waals surface area contributed by atoms with Gasteiger partial charge < -0.3 is 9.80 Å². The van der Waals surface area contributed by atoms with Gasteiger partial charge in [-0.15, -0.1) is 0 Å². The number of pyridine rings is 1. The van der Waals surface area contributed by atoms with Gasteiger partial charge in [-0.3, -0.25) is 4.79 Å². The maximum absolute atomic E-state index is 13.4. The van der Waals surface area contributed by atoms with Gasteiger partial charge in [0.15, 0.2) is 0 Å². The van der Waals surface area contributed by atoms with Crippen LogP contribution >= 0.6 is 11.6 Å². The van der Waals surface area contributed by atoms with Crippen molar-refractivity contribution in [1.29, 1.82) is 0 Å². The van der Waals surface area contributed by atoms with Crippen molar-refractivity contribution in [3.63, 3.8) is 0 Å². The summed E-state index contributed by atoms with van der Waals surface area (Å²) in [6.07, 6.45) is 3.36. The molecule has 1 fully saturated rings. The number of rotatable bonds is 4. The zero-order valence-electron chi connectivity index (χ0n) is 16.6. The fourth-order valence-corrected chi connectivity index (χ4v) is 3.85. The topological polar surface area (TPSA) is 36.4 Å². The van der Waals surface area contributed by atoms with Crippen LogP contribution < -0.4 is 9.80 Å². The number of hydrogen-bond acceptors (Lipinski definition) is 3. The fraction of sp³-hybridized carbons (Fsp3) is 0.455. The van der Waals surface area contributed by atoms with Crippen molar-refractivity contribution in [2.75, 3.05) is 22.9 Å². The average molecular weight is 386 g/mol. The zero-order valence-corrected chi connectivity index (χ0v) is 17.3. The Labute approximate surface area is 167 Å². The molecule has 1 saturated heterocycles. The molecule has 3 rings (SSSR count). The van der Waals surface area contributed by atoms with Crippen LogP contribution in [0, 0.1) is 19.8 Å². The SMILES string of the molecule is Cc1ccc(C)c(N(C(=O)C2CCN(c3ccc(Cl)cn3)CC2)C(C)C)c1. The van der Waals surface area contributed by atoms with E-state index >= 15 is 0 Å². The Morgan fingerprint density at radius 3 is 2.48 bits per heavy atom. The minimum absolute atomic E-state index is 0.0517. The summed E-state index contributed by atoms with van der Waals surface area (Å²) in [5.74, 6) is 1.22. The first kappa shape index (κ1) is 19.7. The number of anilines is 2. The molecule has 0 bridgehead atoms. The van der Waals surface area contributed by atoms with Crippen molar-refractivity contribution in [3.05, 3.63) is 52.7 Å². The molecule has 27 heavy (non-hydrogen) atoms. The lowest BCUT2D eigenvalue weighted by Crippen LogP contribution is -2.45. The number of amides is 1. The molecule has 5 heteroatoms. The summed E-state index contributed by atoms with van der Waals surface area (Å²) in [5, 5.41) is 0.643. The number of piperidine rings is 1. The van der Waals surface area contributed by atoms with Gasteiger partial charge in [0.05, 0.1) is 5.02 Å². The lowest BCUT2D eigenvalue weighted by Gasteiger charge is -2.37. The van der Waals surface area contributed by atoms with Crippen LogP contribution in [-0.2, 0) is 4.79 Å². The number of carbonyl (C=O) groups is 1. The molecule has 0 unspecified atom stereocenters. The third kappa shape index (κ3) is 4.44. The smallest absolute Gasteiger partial charge is 0.230 e. The summed E-state index contributed by atoms with van der Waals surface area (Å²) in [4.78, 5) is 22.0. The molecule has 1 aliphatic heterocycles. The van der Waals surface area contributed by atoms with E-state index < -0.39 is 0 Å². The van der Waals surface area contributed by atoms with Crippen molar-refractivity contribution in [2.45, 2.75) is 46.6 Å². The lowest BCUT2D eigenvalue weighted by molar-refractivity contribution is -0.123. The number of aryl methyl sites for hydroxylation is 2. The number of hydrogen-bond donors (Lipinski definition) is 0. The standard InChI is InChI=1S/C22H28ClN3O/c1-15(2)26(20-13-16(3)5-6-17(20)4)22(27)18-9-11-25(12-10-18)21-8-7-19(23)14-24-21/h5-8,13-15,18H,9-12H2,1-4H3. The Morgan fingerprint density at radius 2 is 1.89 bits per heavy atom. The highest BCUT2D eigenvalue weighted by Crippen LogP contribution is 2.29. The largest absolute Gasteiger partial charge is 0.357 e. The molecule has 2 heterocycles. The molecule has 0 aliphatic carbocycles. The van der Waals surface area contributed by atoms with Gasteiger partial charge in [-0.25, -0.2) is 4.98 Å². The van der Waals surface area contributed by atoms with Gasteiger partial charge in [-0.1, -0.05) is 23.7 Å². The third-order valence-corrected chi connectivity index (χ3v) is 5.48. The molecule has 1 aromatic carbocycles. The van der Waals surface area contributed by atoms with Gasteiger partial charge >= 0.3 is 0 Å².